The monoisotopic (exact) mass is 336 g/mol. The smallest absolute Gasteiger partial charge is 0.190 e. The minimum absolute atomic E-state index is 0.258. The SMILES string of the molecule is N#Cc1n[nH]nc1-c1cc(Cl)cc(-c2csc3ccccc23)c1. The first kappa shape index (κ1) is 13.9. The normalized spacial score (nSPS) is 10.8. The number of rotatable bonds is 2. The average Bonchev–Trinajstić information content (AvgIpc) is 3.21. The van der Waals surface area contributed by atoms with E-state index in [1.165, 1.54) is 10.1 Å². The van der Waals surface area contributed by atoms with Crippen LogP contribution in [-0.2, 0) is 0 Å². The molecule has 2 heterocycles. The van der Waals surface area contributed by atoms with E-state index in [4.69, 9.17) is 16.9 Å². The van der Waals surface area contributed by atoms with Crippen LogP contribution in [0.5, 0.6) is 0 Å². The molecule has 2 aromatic heterocycles. The number of halogens is 1. The molecular weight excluding hydrogens is 328 g/mol. The van der Waals surface area contributed by atoms with Crippen LogP contribution < -0.4 is 0 Å². The molecule has 0 aliphatic carbocycles. The summed E-state index contributed by atoms with van der Waals surface area (Å²) in [6.45, 7) is 0. The first-order valence-corrected chi connectivity index (χ1v) is 8.10. The number of fused-ring (bicyclic) bond motifs is 1. The molecule has 23 heavy (non-hydrogen) atoms. The Labute approximate surface area is 141 Å². The molecule has 0 saturated heterocycles. The summed E-state index contributed by atoms with van der Waals surface area (Å²) in [4.78, 5) is 0. The number of nitrogens with one attached hydrogen (secondary N) is 1. The van der Waals surface area contributed by atoms with Crippen molar-refractivity contribution >= 4 is 33.0 Å². The molecule has 0 atom stereocenters. The van der Waals surface area contributed by atoms with Crippen molar-refractivity contribution in [2.75, 3.05) is 0 Å². The van der Waals surface area contributed by atoms with Crippen LogP contribution in [-0.4, -0.2) is 15.4 Å². The second-order valence-corrected chi connectivity index (χ2v) is 6.35. The maximum absolute atomic E-state index is 9.13. The van der Waals surface area contributed by atoms with Crippen molar-refractivity contribution < 1.29 is 0 Å². The molecule has 4 nitrogen and oxygen atoms in total. The fraction of sp³-hybridized carbons (Fsp3) is 0. The van der Waals surface area contributed by atoms with Crippen LogP contribution in [0.25, 0.3) is 32.5 Å². The number of aromatic nitrogens is 3. The van der Waals surface area contributed by atoms with E-state index in [9.17, 15) is 0 Å². The highest BCUT2D eigenvalue weighted by molar-refractivity contribution is 7.17. The summed E-state index contributed by atoms with van der Waals surface area (Å²) >= 11 is 7.99. The Kier molecular flexibility index (Phi) is 3.34. The molecule has 0 saturated carbocycles. The van der Waals surface area contributed by atoms with Gasteiger partial charge in [0.1, 0.15) is 11.8 Å². The maximum Gasteiger partial charge on any atom is 0.190 e. The van der Waals surface area contributed by atoms with Gasteiger partial charge in [0.05, 0.1) is 0 Å². The molecule has 4 rings (SSSR count). The number of aromatic amines is 1. The third-order valence-electron chi connectivity index (χ3n) is 3.62. The number of hydrogen-bond acceptors (Lipinski definition) is 4. The highest BCUT2D eigenvalue weighted by Gasteiger charge is 2.13. The molecular formula is C17H9ClN4S. The zero-order valence-corrected chi connectivity index (χ0v) is 13.3. The molecule has 2 aromatic carbocycles. The fourth-order valence-corrected chi connectivity index (χ4v) is 3.80. The molecule has 110 valence electrons. The molecule has 4 aromatic rings. The molecule has 0 amide bonds. The van der Waals surface area contributed by atoms with Crippen LogP contribution >= 0.6 is 22.9 Å². The van der Waals surface area contributed by atoms with Crippen LogP contribution in [0.4, 0.5) is 0 Å². The van der Waals surface area contributed by atoms with Crippen molar-refractivity contribution in [3.05, 3.63) is 58.6 Å². The number of thiophene rings is 1. The van der Waals surface area contributed by atoms with Crippen LogP contribution in [0.15, 0.2) is 47.8 Å². The molecule has 0 spiro atoms. The summed E-state index contributed by atoms with van der Waals surface area (Å²) in [5.74, 6) is 0. The molecule has 0 aliphatic rings. The number of benzene rings is 2. The van der Waals surface area contributed by atoms with Gasteiger partial charge in [-0.3, -0.25) is 0 Å². The third kappa shape index (κ3) is 2.38. The lowest BCUT2D eigenvalue weighted by atomic mass is 10.0. The Morgan fingerprint density at radius 2 is 1.91 bits per heavy atom. The standard InChI is InChI=1S/C17H9ClN4S/c18-12-6-10(14-9-23-16-4-2-1-3-13(14)16)5-11(7-12)17-15(8-19)20-22-21-17/h1-7,9H,(H,20,21,22). The summed E-state index contributed by atoms with van der Waals surface area (Å²) in [6, 6.07) is 16.0. The van der Waals surface area contributed by atoms with Gasteiger partial charge in [-0.15, -0.1) is 16.4 Å². The van der Waals surface area contributed by atoms with Crippen molar-refractivity contribution in [1.82, 2.24) is 15.4 Å². The predicted molar refractivity (Wildman–Crippen MR) is 92.4 cm³/mol. The largest absolute Gasteiger partial charge is 0.196 e. The van der Waals surface area contributed by atoms with E-state index in [0.29, 0.717) is 10.7 Å². The minimum Gasteiger partial charge on any atom is -0.196 e. The lowest BCUT2D eigenvalue weighted by molar-refractivity contribution is 0.937. The highest BCUT2D eigenvalue weighted by Crippen LogP contribution is 2.37. The maximum atomic E-state index is 9.13. The Hall–Kier alpha value is -2.68. The van der Waals surface area contributed by atoms with E-state index >= 15 is 0 Å². The van der Waals surface area contributed by atoms with Gasteiger partial charge in [-0.1, -0.05) is 29.8 Å². The van der Waals surface area contributed by atoms with E-state index < -0.39 is 0 Å². The summed E-state index contributed by atoms with van der Waals surface area (Å²) in [5, 5.41) is 23.4. The molecule has 0 aliphatic heterocycles. The first-order chi connectivity index (χ1) is 11.3. The van der Waals surface area contributed by atoms with Gasteiger partial charge in [0.15, 0.2) is 5.69 Å². The van der Waals surface area contributed by atoms with E-state index in [0.717, 1.165) is 16.7 Å². The van der Waals surface area contributed by atoms with E-state index in [1.807, 2.05) is 30.3 Å². The van der Waals surface area contributed by atoms with Crippen molar-refractivity contribution in [3.8, 4) is 28.5 Å². The van der Waals surface area contributed by atoms with Gasteiger partial charge in [-0.25, -0.2) is 0 Å². The second kappa shape index (κ2) is 5.51. The van der Waals surface area contributed by atoms with E-state index in [-0.39, 0.29) is 5.69 Å². The first-order valence-electron chi connectivity index (χ1n) is 6.84. The molecule has 6 heteroatoms. The Bertz CT molecular complexity index is 1060. The van der Waals surface area contributed by atoms with E-state index in [2.05, 4.69) is 32.9 Å². The summed E-state index contributed by atoms with van der Waals surface area (Å²) in [5.41, 5.74) is 3.66. The highest BCUT2D eigenvalue weighted by atomic mass is 35.5. The average molecular weight is 337 g/mol. The molecule has 0 bridgehead atoms. The zero-order valence-electron chi connectivity index (χ0n) is 11.7. The number of H-pyrrole nitrogens is 1. The quantitative estimate of drug-likeness (QED) is 0.567. The van der Waals surface area contributed by atoms with Gasteiger partial charge < -0.3 is 0 Å². The van der Waals surface area contributed by atoms with Crippen LogP contribution in [0.2, 0.25) is 5.02 Å². The van der Waals surface area contributed by atoms with Crippen LogP contribution in [0.1, 0.15) is 5.69 Å². The van der Waals surface area contributed by atoms with Crippen LogP contribution in [0.3, 0.4) is 0 Å². The Balaban J connectivity index is 1.93. The minimum atomic E-state index is 0.258. The van der Waals surface area contributed by atoms with Crippen molar-refractivity contribution in [2.24, 2.45) is 0 Å². The Morgan fingerprint density at radius 3 is 2.78 bits per heavy atom. The van der Waals surface area contributed by atoms with Gasteiger partial charge in [0.2, 0.25) is 0 Å². The predicted octanol–water partition coefficient (Wildman–Crippen LogP) is 4.88. The van der Waals surface area contributed by atoms with Crippen molar-refractivity contribution in [3.63, 3.8) is 0 Å². The third-order valence-corrected chi connectivity index (χ3v) is 4.80. The molecule has 0 fully saturated rings. The van der Waals surface area contributed by atoms with E-state index in [1.54, 1.807) is 17.4 Å². The summed E-state index contributed by atoms with van der Waals surface area (Å²) < 4.78 is 1.23. The lowest BCUT2D eigenvalue weighted by Crippen LogP contribution is -1.85. The summed E-state index contributed by atoms with van der Waals surface area (Å²) in [7, 11) is 0. The number of nitrogens with zero attached hydrogens (tertiary/aromatic N) is 3. The van der Waals surface area contributed by atoms with Crippen molar-refractivity contribution in [2.45, 2.75) is 0 Å². The molecule has 0 radical (unpaired) electrons. The number of nitriles is 1. The Morgan fingerprint density at radius 1 is 1.09 bits per heavy atom. The number of hydrogen-bond donors (Lipinski definition) is 1. The fourth-order valence-electron chi connectivity index (χ4n) is 2.59. The summed E-state index contributed by atoms with van der Waals surface area (Å²) in [6.07, 6.45) is 0. The van der Waals surface area contributed by atoms with Gasteiger partial charge in [-0.2, -0.15) is 15.6 Å². The van der Waals surface area contributed by atoms with Crippen LogP contribution in [0, 0.1) is 11.3 Å². The van der Waals surface area contributed by atoms with Gasteiger partial charge >= 0.3 is 0 Å². The molecule has 0 unspecified atom stereocenters. The topological polar surface area (TPSA) is 65.4 Å². The second-order valence-electron chi connectivity index (χ2n) is 5.01. The zero-order chi connectivity index (χ0) is 15.8. The lowest BCUT2D eigenvalue weighted by Gasteiger charge is -2.05. The van der Waals surface area contributed by atoms with Gasteiger partial charge in [-0.05, 0) is 35.2 Å². The molecule has 1 N–H and O–H groups in total. The van der Waals surface area contributed by atoms with Crippen molar-refractivity contribution in [1.29, 1.82) is 5.26 Å². The van der Waals surface area contributed by atoms with Gasteiger partial charge in [0, 0.05) is 26.2 Å². The van der Waals surface area contributed by atoms with Gasteiger partial charge in [0.25, 0.3) is 0 Å².